The lowest BCUT2D eigenvalue weighted by Crippen LogP contribution is -2.44. The fraction of sp³-hybridized carbons (Fsp3) is 0.300. The number of aliphatic hydroxyl groups is 1. The maximum absolute atomic E-state index is 12.8. The van der Waals surface area contributed by atoms with Crippen LogP contribution in [0, 0.1) is 0 Å². The minimum Gasteiger partial charge on any atom is -0.506 e. The molecule has 1 aliphatic rings. The number of carbonyl (C=O) groups is 2. The van der Waals surface area contributed by atoms with Crippen molar-refractivity contribution in [2.45, 2.75) is 69.7 Å². The predicted molar refractivity (Wildman–Crippen MR) is 216 cm³/mol. The van der Waals surface area contributed by atoms with Crippen molar-refractivity contribution in [2.24, 2.45) is 5.73 Å². The number of nitrogens with zero attached hydrogens (tertiary/aromatic N) is 2. The number of phenols is 1. The number of aliphatic hydroxyl groups excluding tert-OH is 1. The van der Waals surface area contributed by atoms with Gasteiger partial charge in [-0.2, -0.15) is 0 Å². The van der Waals surface area contributed by atoms with Gasteiger partial charge in [0.1, 0.15) is 11.6 Å². The van der Waals surface area contributed by atoms with Crippen molar-refractivity contribution in [2.75, 3.05) is 16.8 Å². The number of nitrogens with one attached hydrogen (secondary N) is 3. The van der Waals surface area contributed by atoms with Gasteiger partial charge in [0.15, 0.2) is 0 Å². The molecule has 0 spiro atoms. The molecule has 5 aromatic rings. The van der Waals surface area contributed by atoms with Crippen LogP contribution in [0.4, 0.5) is 16.3 Å². The smallest absolute Gasteiger partial charge is 0.412 e. The molecule has 0 bridgehead atoms. The summed E-state index contributed by atoms with van der Waals surface area (Å²) in [7, 11) is 0. The first-order valence-electron chi connectivity index (χ1n) is 17.6. The Bertz CT molecular complexity index is 2070. The average Bonchev–Trinajstić information content (AvgIpc) is 3.14. The Morgan fingerprint density at radius 2 is 1.69 bits per heavy atom. The summed E-state index contributed by atoms with van der Waals surface area (Å²) in [5.74, 6) is 0.191. The van der Waals surface area contributed by atoms with E-state index in [-0.39, 0.29) is 72.6 Å². The van der Waals surface area contributed by atoms with Gasteiger partial charge < -0.3 is 36.7 Å². The molecule has 1 fully saturated rings. The highest BCUT2D eigenvalue weighted by Crippen LogP contribution is 2.36. The number of aromatic nitrogens is 2. The minimum absolute atomic E-state index is 0. The molecule has 14 heteroatoms. The fourth-order valence-corrected chi connectivity index (χ4v) is 6.88. The van der Waals surface area contributed by atoms with E-state index in [0.717, 1.165) is 35.1 Å². The number of aromatic amines is 1. The van der Waals surface area contributed by atoms with Crippen LogP contribution >= 0.6 is 24.8 Å². The summed E-state index contributed by atoms with van der Waals surface area (Å²) in [5.41, 5.74) is 10.9. The molecule has 0 saturated heterocycles. The SMILES string of the molecule is Cl.Cl.NC1CCC(N(C(=O)O)c2cc(CCCC(=O)Nc3ccc(CNC[C@@H](O)c4ccc(O)c5[nH]c(=O)ccc45)cn3)ccc2-c2ccccc2)CC1. The number of halogens is 2. The molecule has 0 radical (unpaired) electrons. The number of benzene rings is 3. The number of aryl methyl sites for hydroxylation is 1. The third kappa shape index (κ3) is 10.4. The van der Waals surface area contributed by atoms with Crippen molar-refractivity contribution in [3.05, 3.63) is 118 Å². The molecule has 2 heterocycles. The van der Waals surface area contributed by atoms with Crippen molar-refractivity contribution in [1.29, 1.82) is 0 Å². The zero-order valence-electron chi connectivity index (χ0n) is 29.6. The number of aromatic hydroxyl groups is 1. The van der Waals surface area contributed by atoms with Crippen LogP contribution in [0.3, 0.4) is 0 Å². The van der Waals surface area contributed by atoms with E-state index in [1.165, 1.54) is 17.0 Å². The number of anilines is 2. The number of phenolic OH excluding ortho intramolecular Hbond substituents is 1. The van der Waals surface area contributed by atoms with Crippen LogP contribution in [0.15, 0.2) is 95.9 Å². The molecule has 8 N–H and O–H groups in total. The van der Waals surface area contributed by atoms with Crippen LogP contribution in [0.1, 0.15) is 61.3 Å². The van der Waals surface area contributed by atoms with Crippen molar-refractivity contribution in [3.63, 3.8) is 0 Å². The predicted octanol–water partition coefficient (Wildman–Crippen LogP) is 6.68. The third-order valence-electron chi connectivity index (χ3n) is 9.61. The highest BCUT2D eigenvalue weighted by atomic mass is 35.5. The van der Waals surface area contributed by atoms with Gasteiger partial charge in [-0.05, 0) is 85.0 Å². The first kappa shape index (κ1) is 41.8. The fourth-order valence-electron chi connectivity index (χ4n) is 6.88. The van der Waals surface area contributed by atoms with E-state index in [1.807, 2.05) is 54.6 Å². The molecule has 54 heavy (non-hydrogen) atoms. The summed E-state index contributed by atoms with van der Waals surface area (Å²) in [4.78, 5) is 45.7. The number of carbonyl (C=O) groups excluding carboxylic acids is 1. The topological polar surface area (TPSA) is 194 Å². The van der Waals surface area contributed by atoms with Crippen molar-refractivity contribution < 1.29 is 24.9 Å². The molecular weight excluding hydrogens is 731 g/mol. The van der Waals surface area contributed by atoms with Crippen LogP contribution in [-0.2, 0) is 17.8 Å². The second-order valence-corrected chi connectivity index (χ2v) is 13.3. The van der Waals surface area contributed by atoms with Crippen LogP contribution in [0.2, 0.25) is 0 Å². The number of amides is 2. The minimum atomic E-state index is -0.983. The van der Waals surface area contributed by atoms with Crippen LogP contribution in [-0.4, -0.2) is 55.9 Å². The molecule has 6 rings (SSSR count). The number of fused-ring (bicyclic) bond motifs is 1. The van der Waals surface area contributed by atoms with Gasteiger partial charge in [-0.3, -0.25) is 14.5 Å². The van der Waals surface area contributed by atoms with E-state index >= 15 is 0 Å². The van der Waals surface area contributed by atoms with E-state index in [9.17, 15) is 29.7 Å². The van der Waals surface area contributed by atoms with Gasteiger partial charge in [0, 0.05) is 54.8 Å². The Morgan fingerprint density at radius 3 is 2.39 bits per heavy atom. The van der Waals surface area contributed by atoms with E-state index in [4.69, 9.17) is 5.73 Å². The molecule has 12 nitrogen and oxygen atoms in total. The Balaban J connectivity index is 0.00000325. The number of hydrogen-bond donors (Lipinski definition) is 7. The maximum atomic E-state index is 12.8. The van der Waals surface area contributed by atoms with E-state index in [0.29, 0.717) is 54.7 Å². The zero-order valence-corrected chi connectivity index (χ0v) is 31.2. The molecular formula is C40H46Cl2N6O6. The molecule has 1 aliphatic carbocycles. The summed E-state index contributed by atoms with van der Waals surface area (Å²) in [5, 5.41) is 37.9. The van der Waals surface area contributed by atoms with Crippen LogP contribution in [0.25, 0.3) is 22.0 Å². The molecule has 0 unspecified atom stereocenters. The Hall–Kier alpha value is -4.98. The molecule has 2 aromatic heterocycles. The standard InChI is InChI=1S/C40H44N6O6.2ClH/c41-28-11-13-29(14-12-28)46(40(51)52)33-21-25(9-15-30(33)27-6-2-1-3-7-27)5-4-8-37(49)44-36-19-10-26(23-43-36)22-42-24-35(48)31-16-18-34(47)39-32(31)17-20-38(50)45-39;;/h1-3,6-7,9-10,15-21,23,28-29,35,42,47-48H,4-5,8,11-14,22,24,41H2,(H,45,50)(H,51,52)(H,43,44,49);2*1H/t28?,29?,35-;;/m1../s1. The van der Waals surface area contributed by atoms with Gasteiger partial charge in [0.05, 0.1) is 17.3 Å². The lowest BCUT2D eigenvalue weighted by atomic mass is 9.89. The molecule has 286 valence electrons. The maximum Gasteiger partial charge on any atom is 0.412 e. The first-order valence-corrected chi connectivity index (χ1v) is 17.6. The van der Waals surface area contributed by atoms with Gasteiger partial charge in [-0.15, -0.1) is 24.8 Å². The lowest BCUT2D eigenvalue weighted by molar-refractivity contribution is -0.116. The Morgan fingerprint density at radius 1 is 0.944 bits per heavy atom. The van der Waals surface area contributed by atoms with E-state index in [1.54, 1.807) is 24.4 Å². The third-order valence-corrected chi connectivity index (χ3v) is 9.61. The number of hydrogen-bond acceptors (Lipinski definition) is 8. The molecule has 1 saturated carbocycles. The first-order chi connectivity index (χ1) is 25.2. The van der Waals surface area contributed by atoms with Gasteiger partial charge in [-0.1, -0.05) is 54.6 Å². The van der Waals surface area contributed by atoms with Gasteiger partial charge in [0.25, 0.3) is 0 Å². The molecule has 0 aliphatic heterocycles. The summed E-state index contributed by atoms with van der Waals surface area (Å²) in [6.45, 7) is 0.640. The van der Waals surface area contributed by atoms with Gasteiger partial charge >= 0.3 is 6.09 Å². The number of carboxylic acid groups (broad SMARTS) is 1. The molecule has 2 amide bonds. The second-order valence-electron chi connectivity index (χ2n) is 13.3. The molecule has 3 aromatic carbocycles. The lowest BCUT2D eigenvalue weighted by Gasteiger charge is -2.35. The highest BCUT2D eigenvalue weighted by molar-refractivity contribution is 5.94. The summed E-state index contributed by atoms with van der Waals surface area (Å²) in [6, 6.07) is 25.2. The van der Waals surface area contributed by atoms with Crippen molar-refractivity contribution >= 4 is 59.2 Å². The average molecular weight is 778 g/mol. The normalized spacial score (nSPS) is 15.7. The molecule has 1 atom stereocenters. The number of pyridine rings is 2. The monoisotopic (exact) mass is 776 g/mol. The van der Waals surface area contributed by atoms with E-state index in [2.05, 4.69) is 20.6 Å². The van der Waals surface area contributed by atoms with Crippen molar-refractivity contribution in [3.8, 4) is 16.9 Å². The van der Waals surface area contributed by atoms with Crippen LogP contribution < -0.4 is 26.8 Å². The number of rotatable bonds is 13. The van der Waals surface area contributed by atoms with E-state index < -0.39 is 12.2 Å². The Labute approximate surface area is 325 Å². The van der Waals surface area contributed by atoms with Gasteiger partial charge in [0.2, 0.25) is 11.5 Å². The summed E-state index contributed by atoms with van der Waals surface area (Å²) < 4.78 is 0. The summed E-state index contributed by atoms with van der Waals surface area (Å²) in [6.07, 6.45) is 4.21. The second kappa shape index (κ2) is 19.4. The largest absolute Gasteiger partial charge is 0.506 e. The van der Waals surface area contributed by atoms with Crippen LogP contribution in [0.5, 0.6) is 5.75 Å². The van der Waals surface area contributed by atoms with Crippen molar-refractivity contribution in [1.82, 2.24) is 15.3 Å². The number of H-pyrrole nitrogens is 1. The van der Waals surface area contributed by atoms with Gasteiger partial charge in [-0.25, -0.2) is 9.78 Å². The highest BCUT2D eigenvalue weighted by Gasteiger charge is 2.30. The summed E-state index contributed by atoms with van der Waals surface area (Å²) >= 11 is 0. The number of nitrogens with two attached hydrogens (primary N) is 1. The Kier molecular flexibility index (Phi) is 15.0. The quantitative estimate of drug-likeness (QED) is 0.0683. The zero-order chi connectivity index (χ0) is 36.6.